The quantitative estimate of drug-likeness (QED) is 0.766. The molecule has 2 rings (SSSR count). The van der Waals surface area contributed by atoms with Gasteiger partial charge in [-0.25, -0.2) is 0 Å². The van der Waals surface area contributed by atoms with E-state index in [-0.39, 0.29) is 0 Å². The maximum absolute atomic E-state index is 12.6. The highest BCUT2D eigenvalue weighted by Crippen LogP contribution is 2.32. The SMILES string of the molecule is N#CC1=CCN(c2cccc(C(F)(F)F)c2)CC1. The van der Waals surface area contributed by atoms with Crippen LogP contribution in [-0.2, 0) is 6.18 Å². The van der Waals surface area contributed by atoms with Gasteiger partial charge in [-0.3, -0.25) is 0 Å². The van der Waals surface area contributed by atoms with Gasteiger partial charge in [0.1, 0.15) is 0 Å². The Labute approximate surface area is 103 Å². The van der Waals surface area contributed by atoms with E-state index in [0.717, 1.165) is 12.1 Å². The molecule has 5 heteroatoms. The number of benzene rings is 1. The van der Waals surface area contributed by atoms with Gasteiger partial charge in [0.05, 0.1) is 11.6 Å². The van der Waals surface area contributed by atoms with Crippen LogP contribution in [0.1, 0.15) is 12.0 Å². The van der Waals surface area contributed by atoms with Gasteiger partial charge in [0.15, 0.2) is 0 Å². The number of hydrogen-bond donors (Lipinski definition) is 0. The van der Waals surface area contributed by atoms with Gasteiger partial charge < -0.3 is 4.90 Å². The van der Waals surface area contributed by atoms with Crippen molar-refractivity contribution in [2.24, 2.45) is 0 Å². The highest BCUT2D eigenvalue weighted by molar-refractivity contribution is 5.51. The summed E-state index contributed by atoms with van der Waals surface area (Å²) >= 11 is 0. The van der Waals surface area contributed by atoms with Crippen LogP contribution in [0.2, 0.25) is 0 Å². The Morgan fingerprint density at radius 1 is 1.28 bits per heavy atom. The maximum Gasteiger partial charge on any atom is 0.416 e. The molecule has 1 aliphatic rings. The van der Waals surface area contributed by atoms with Crippen molar-refractivity contribution in [2.45, 2.75) is 12.6 Å². The predicted octanol–water partition coefficient (Wildman–Crippen LogP) is 3.37. The minimum atomic E-state index is -4.32. The second kappa shape index (κ2) is 4.73. The van der Waals surface area contributed by atoms with Gasteiger partial charge in [-0.05, 0) is 24.6 Å². The lowest BCUT2D eigenvalue weighted by molar-refractivity contribution is -0.137. The summed E-state index contributed by atoms with van der Waals surface area (Å²) in [4.78, 5) is 1.83. The molecular weight excluding hydrogens is 241 g/mol. The molecule has 1 aromatic rings. The highest BCUT2D eigenvalue weighted by Gasteiger charge is 2.30. The van der Waals surface area contributed by atoms with E-state index in [0.29, 0.717) is 30.8 Å². The van der Waals surface area contributed by atoms with E-state index >= 15 is 0 Å². The standard InChI is InChI=1S/C13H11F3N2/c14-13(15,16)11-2-1-3-12(8-11)18-6-4-10(9-17)5-7-18/h1-4,8H,5-7H2. The van der Waals surface area contributed by atoms with Crippen molar-refractivity contribution in [3.8, 4) is 6.07 Å². The van der Waals surface area contributed by atoms with Gasteiger partial charge in [0, 0.05) is 24.4 Å². The summed E-state index contributed by atoms with van der Waals surface area (Å²) in [6, 6.07) is 7.33. The number of nitrogens with zero attached hydrogens (tertiary/aromatic N) is 2. The molecule has 0 bridgehead atoms. The number of rotatable bonds is 1. The molecule has 18 heavy (non-hydrogen) atoms. The number of anilines is 1. The van der Waals surface area contributed by atoms with Crippen molar-refractivity contribution in [3.05, 3.63) is 41.5 Å². The second-order valence-corrected chi connectivity index (χ2v) is 4.09. The molecule has 94 valence electrons. The summed E-state index contributed by atoms with van der Waals surface area (Å²) in [5.41, 5.74) is 0.589. The fourth-order valence-electron chi connectivity index (χ4n) is 1.88. The average Bonchev–Trinajstić information content (AvgIpc) is 2.38. The smallest absolute Gasteiger partial charge is 0.367 e. The monoisotopic (exact) mass is 252 g/mol. The van der Waals surface area contributed by atoms with Crippen molar-refractivity contribution in [1.82, 2.24) is 0 Å². The zero-order chi connectivity index (χ0) is 13.2. The molecule has 1 aliphatic heterocycles. The zero-order valence-electron chi connectivity index (χ0n) is 9.54. The molecule has 1 aromatic carbocycles. The Balaban J connectivity index is 2.21. The molecule has 0 aromatic heterocycles. The van der Waals surface area contributed by atoms with Crippen LogP contribution in [0.25, 0.3) is 0 Å². The molecule has 0 unspecified atom stereocenters. The number of hydrogen-bond acceptors (Lipinski definition) is 2. The molecule has 0 amide bonds. The van der Waals surface area contributed by atoms with Gasteiger partial charge in [-0.15, -0.1) is 0 Å². The minimum absolute atomic E-state index is 0.476. The molecule has 0 aliphatic carbocycles. The first-order chi connectivity index (χ1) is 8.50. The van der Waals surface area contributed by atoms with Crippen molar-refractivity contribution in [1.29, 1.82) is 5.26 Å². The van der Waals surface area contributed by atoms with Crippen LogP contribution in [0.15, 0.2) is 35.9 Å². The normalized spacial score (nSPS) is 16.1. The van der Waals surface area contributed by atoms with Crippen LogP contribution in [0.5, 0.6) is 0 Å². The Kier molecular flexibility index (Phi) is 3.28. The van der Waals surface area contributed by atoms with E-state index in [9.17, 15) is 13.2 Å². The summed E-state index contributed by atoms with van der Waals surface area (Å²) in [6.07, 6.45) is -1.99. The maximum atomic E-state index is 12.6. The number of alkyl halides is 3. The summed E-state index contributed by atoms with van der Waals surface area (Å²) in [6.45, 7) is 1.05. The van der Waals surface area contributed by atoms with Crippen molar-refractivity contribution >= 4 is 5.69 Å². The lowest BCUT2D eigenvalue weighted by Gasteiger charge is -2.27. The molecule has 0 N–H and O–H groups in total. The van der Waals surface area contributed by atoms with Crippen molar-refractivity contribution < 1.29 is 13.2 Å². The minimum Gasteiger partial charge on any atom is -0.367 e. The third kappa shape index (κ3) is 2.65. The summed E-state index contributed by atoms with van der Waals surface area (Å²) in [5, 5.41) is 8.71. The molecule has 0 fully saturated rings. The Morgan fingerprint density at radius 2 is 2.06 bits per heavy atom. The van der Waals surface area contributed by atoms with E-state index in [1.807, 2.05) is 4.90 Å². The largest absolute Gasteiger partial charge is 0.416 e. The summed E-state index contributed by atoms with van der Waals surface area (Å²) < 4.78 is 37.7. The molecule has 0 saturated heterocycles. The van der Waals surface area contributed by atoms with Gasteiger partial charge in [-0.2, -0.15) is 18.4 Å². The van der Waals surface area contributed by atoms with Crippen LogP contribution >= 0.6 is 0 Å². The van der Waals surface area contributed by atoms with E-state index < -0.39 is 11.7 Å². The Morgan fingerprint density at radius 3 is 2.61 bits per heavy atom. The van der Waals surface area contributed by atoms with E-state index in [4.69, 9.17) is 5.26 Å². The molecule has 0 radical (unpaired) electrons. The summed E-state index contributed by atoms with van der Waals surface area (Å²) in [5.74, 6) is 0. The van der Waals surface area contributed by atoms with Gasteiger partial charge in [-0.1, -0.05) is 12.1 Å². The first-order valence-corrected chi connectivity index (χ1v) is 5.52. The van der Waals surface area contributed by atoms with E-state index in [1.165, 1.54) is 6.07 Å². The number of nitriles is 1. The van der Waals surface area contributed by atoms with Crippen LogP contribution in [-0.4, -0.2) is 13.1 Å². The fourth-order valence-corrected chi connectivity index (χ4v) is 1.88. The lowest BCUT2D eigenvalue weighted by atomic mass is 10.1. The Bertz CT molecular complexity index is 512. The van der Waals surface area contributed by atoms with Gasteiger partial charge in [0.25, 0.3) is 0 Å². The average molecular weight is 252 g/mol. The topological polar surface area (TPSA) is 27.0 Å². The second-order valence-electron chi connectivity index (χ2n) is 4.09. The molecule has 1 heterocycles. The molecule has 0 saturated carbocycles. The predicted molar refractivity (Wildman–Crippen MR) is 62.0 cm³/mol. The first-order valence-electron chi connectivity index (χ1n) is 5.52. The number of halogens is 3. The van der Waals surface area contributed by atoms with Crippen LogP contribution < -0.4 is 4.90 Å². The first kappa shape index (κ1) is 12.5. The summed E-state index contributed by atoms with van der Waals surface area (Å²) in [7, 11) is 0. The van der Waals surface area contributed by atoms with Crippen molar-refractivity contribution in [3.63, 3.8) is 0 Å². The molecule has 2 nitrogen and oxygen atoms in total. The lowest BCUT2D eigenvalue weighted by Crippen LogP contribution is -2.28. The fraction of sp³-hybridized carbons (Fsp3) is 0.308. The van der Waals surface area contributed by atoms with E-state index in [2.05, 4.69) is 6.07 Å². The van der Waals surface area contributed by atoms with E-state index in [1.54, 1.807) is 12.1 Å². The van der Waals surface area contributed by atoms with Crippen LogP contribution in [0.4, 0.5) is 18.9 Å². The Hall–Kier alpha value is -1.96. The highest BCUT2D eigenvalue weighted by atomic mass is 19.4. The molecule has 0 atom stereocenters. The zero-order valence-corrected chi connectivity index (χ0v) is 9.54. The van der Waals surface area contributed by atoms with Gasteiger partial charge >= 0.3 is 6.18 Å². The molecule has 0 spiro atoms. The van der Waals surface area contributed by atoms with Crippen molar-refractivity contribution in [2.75, 3.05) is 18.0 Å². The van der Waals surface area contributed by atoms with Gasteiger partial charge in [0.2, 0.25) is 0 Å². The van der Waals surface area contributed by atoms with Crippen LogP contribution in [0.3, 0.4) is 0 Å². The van der Waals surface area contributed by atoms with Crippen LogP contribution in [0, 0.1) is 11.3 Å². The third-order valence-electron chi connectivity index (χ3n) is 2.89. The molecular formula is C13H11F3N2. The third-order valence-corrected chi connectivity index (χ3v) is 2.89.